The molecular formula is C24H40O6. The van der Waals surface area contributed by atoms with E-state index in [9.17, 15) is 4.79 Å². The molecule has 0 amide bonds. The SMILES string of the molecule is CCCCCC1(C=C[C@H]2CCC3(OCCO3)[C@@H]2CCCCCCC(=O)O)OCCO1. The number of carboxylic acid groups (broad SMARTS) is 1. The lowest BCUT2D eigenvalue weighted by Crippen LogP contribution is -2.36. The van der Waals surface area contributed by atoms with Gasteiger partial charge in [-0.25, -0.2) is 0 Å². The third kappa shape index (κ3) is 6.28. The second-order valence-corrected chi connectivity index (χ2v) is 8.99. The standard InChI is InChI=1S/C24H40O6/c1-2-3-8-13-23(27-16-17-28-23)14-11-20-12-15-24(29-18-19-30-24)21(20)9-6-4-5-7-10-22(25)26/h11,14,20-21H,2-10,12-13,15-19H2,1H3,(H,25,26)/t20-,21+/m0/s1. The van der Waals surface area contributed by atoms with Crippen molar-refractivity contribution < 1.29 is 28.8 Å². The van der Waals surface area contributed by atoms with E-state index in [1.807, 2.05) is 0 Å². The molecule has 3 aliphatic rings. The third-order valence-electron chi connectivity index (χ3n) is 6.84. The Morgan fingerprint density at radius 2 is 1.67 bits per heavy atom. The molecule has 2 atom stereocenters. The molecule has 3 rings (SSSR count). The molecule has 0 aromatic heterocycles. The highest BCUT2D eigenvalue weighted by atomic mass is 16.7. The zero-order valence-electron chi connectivity index (χ0n) is 18.6. The predicted octanol–water partition coefficient (Wildman–Crippen LogP) is 5.06. The number of hydrogen-bond acceptors (Lipinski definition) is 5. The number of rotatable bonds is 13. The molecule has 0 radical (unpaired) electrons. The summed E-state index contributed by atoms with van der Waals surface area (Å²) < 4.78 is 24.3. The van der Waals surface area contributed by atoms with Gasteiger partial charge < -0.3 is 24.1 Å². The fourth-order valence-electron chi connectivity index (χ4n) is 5.25. The summed E-state index contributed by atoms with van der Waals surface area (Å²) in [5.74, 6) is -0.943. The van der Waals surface area contributed by atoms with E-state index < -0.39 is 17.5 Å². The van der Waals surface area contributed by atoms with Gasteiger partial charge in [-0.05, 0) is 37.7 Å². The van der Waals surface area contributed by atoms with E-state index in [1.165, 1.54) is 12.8 Å². The first kappa shape index (κ1) is 23.7. The number of unbranched alkanes of at least 4 members (excludes halogenated alkanes) is 5. The molecule has 2 saturated heterocycles. The van der Waals surface area contributed by atoms with E-state index in [0.717, 1.165) is 57.8 Å². The molecule has 30 heavy (non-hydrogen) atoms. The number of carboxylic acids is 1. The first-order chi connectivity index (χ1) is 14.6. The topological polar surface area (TPSA) is 74.2 Å². The van der Waals surface area contributed by atoms with Gasteiger partial charge >= 0.3 is 5.97 Å². The van der Waals surface area contributed by atoms with Crippen molar-refractivity contribution in [3.8, 4) is 0 Å². The molecule has 6 heteroatoms. The second-order valence-electron chi connectivity index (χ2n) is 8.99. The highest BCUT2D eigenvalue weighted by Gasteiger charge is 2.51. The minimum absolute atomic E-state index is 0.269. The summed E-state index contributed by atoms with van der Waals surface area (Å²) >= 11 is 0. The average Bonchev–Trinajstić information content (AvgIpc) is 3.46. The Morgan fingerprint density at radius 1 is 0.967 bits per heavy atom. The lowest BCUT2D eigenvalue weighted by Gasteiger charge is -2.32. The van der Waals surface area contributed by atoms with Crippen molar-refractivity contribution in [1.29, 1.82) is 0 Å². The molecule has 0 aromatic rings. The highest BCUT2D eigenvalue weighted by molar-refractivity contribution is 5.66. The third-order valence-corrected chi connectivity index (χ3v) is 6.84. The van der Waals surface area contributed by atoms with Crippen LogP contribution < -0.4 is 0 Å². The largest absolute Gasteiger partial charge is 0.481 e. The first-order valence-corrected chi connectivity index (χ1v) is 12.1. The molecule has 0 aromatic carbocycles. The lowest BCUT2D eigenvalue weighted by atomic mass is 9.86. The monoisotopic (exact) mass is 424 g/mol. The molecular weight excluding hydrogens is 384 g/mol. The zero-order valence-corrected chi connectivity index (χ0v) is 18.6. The van der Waals surface area contributed by atoms with E-state index in [2.05, 4.69) is 19.1 Å². The first-order valence-electron chi connectivity index (χ1n) is 12.1. The summed E-state index contributed by atoms with van der Waals surface area (Å²) in [6.07, 6.45) is 16.1. The van der Waals surface area contributed by atoms with Gasteiger partial charge in [0.2, 0.25) is 0 Å². The molecule has 6 nitrogen and oxygen atoms in total. The van der Waals surface area contributed by atoms with Gasteiger partial charge in [0.15, 0.2) is 11.6 Å². The van der Waals surface area contributed by atoms with Gasteiger partial charge in [-0.3, -0.25) is 4.79 Å². The van der Waals surface area contributed by atoms with Crippen LogP contribution in [-0.2, 0) is 23.7 Å². The molecule has 1 saturated carbocycles. The Morgan fingerprint density at radius 3 is 2.37 bits per heavy atom. The van der Waals surface area contributed by atoms with Gasteiger partial charge in [0.05, 0.1) is 26.4 Å². The highest BCUT2D eigenvalue weighted by Crippen LogP contribution is 2.49. The minimum Gasteiger partial charge on any atom is -0.481 e. The quantitative estimate of drug-likeness (QED) is 0.329. The maximum Gasteiger partial charge on any atom is 0.303 e. The molecule has 0 bridgehead atoms. The number of allylic oxidation sites excluding steroid dienone is 1. The lowest BCUT2D eigenvalue weighted by molar-refractivity contribution is -0.186. The molecule has 2 heterocycles. The van der Waals surface area contributed by atoms with Crippen molar-refractivity contribution in [3.05, 3.63) is 12.2 Å². The molecule has 0 unspecified atom stereocenters. The fourth-order valence-corrected chi connectivity index (χ4v) is 5.25. The Kier molecular flexibility index (Phi) is 9.17. The maximum absolute atomic E-state index is 10.7. The van der Waals surface area contributed by atoms with Crippen molar-refractivity contribution in [2.24, 2.45) is 11.8 Å². The van der Waals surface area contributed by atoms with E-state index >= 15 is 0 Å². The van der Waals surface area contributed by atoms with Crippen LogP contribution in [0.4, 0.5) is 0 Å². The van der Waals surface area contributed by atoms with E-state index in [0.29, 0.717) is 38.3 Å². The fraction of sp³-hybridized carbons (Fsp3) is 0.875. The molecule has 1 N–H and O–H groups in total. The van der Waals surface area contributed by atoms with E-state index in [4.69, 9.17) is 24.1 Å². The van der Waals surface area contributed by atoms with E-state index in [-0.39, 0.29) is 6.42 Å². The average molecular weight is 425 g/mol. The number of hydrogen-bond donors (Lipinski definition) is 1. The molecule has 172 valence electrons. The smallest absolute Gasteiger partial charge is 0.303 e. The van der Waals surface area contributed by atoms with Gasteiger partial charge in [0.25, 0.3) is 0 Å². The minimum atomic E-state index is -0.702. The molecule has 1 aliphatic carbocycles. The van der Waals surface area contributed by atoms with Crippen LogP contribution >= 0.6 is 0 Å². The number of ether oxygens (including phenoxy) is 4. The van der Waals surface area contributed by atoms with Gasteiger partial charge in [-0.15, -0.1) is 0 Å². The summed E-state index contributed by atoms with van der Waals surface area (Å²) in [5, 5.41) is 8.79. The van der Waals surface area contributed by atoms with E-state index in [1.54, 1.807) is 0 Å². The number of aliphatic carboxylic acids is 1. The Labute approximate surface area is 181 Å². The van der Waals surface area contributed by atoms with Crippen LogP contribution in [0.25, 0.3) is 0 Å². The van der Waals surface area contributed by atoms with Crippen molar-refractivity contribution in [3.63, 3.8) is 0 Å². The van der Waals surface area contributed by atoms with Gasteiger partial charge in [-0.2, -0.15) is 0 Å². The van der Waals surface area contributed by atoms with Gasteiger partial charge in [0.1, 0.15) is 0 Å². The van der Waals surface area contributed by atoms with Crippen molar-refractivity contribution in [2.45, 2.75) is 95.5 Å². The van der Waals surface area contributed by atoms with Gasteiger partial charge in [0, 0.05) is 25.2 Å². The molecule has 1 spiro atoms. The van der Waals surface area contributed by atoms with Crippen LogP contribution in [0.5, 0.6) is 0 Å². The van der Waals surface area contributed by atoms with Crippen molar-refractivity contribution in [1.82, 2.24) is 0 Å². The van der Waals surface area contributed by atoms with Crippen LogP contribution in [0.3, 0.4) is 0 Å². The Bertz CT molecular complexity index is 548. The zero-order chi connectivity index (χ0) is 21.3. The van der Waals surface area contributed by atoms with Gasteiger partial charge in [-0.1, -0.05) is 45.1 Å². The van der Waals surface area contributed by atoms with Crippen LogP contribution in [0.15, 0.2) is 12.2 Å². The predicted molar refractivity (Wildman–Crippen MR) is 114 cm³/mol. The molecule has 2 aliphatic heterocycles. The summed E-state index contributed by atoms with van der Waals surface area (Å²) in [5.41, 5.74) is 0. The van der Waals surface area contributed by atoms with Crippen molar-refractivity contribution >= 4 is 5.97 Å². The molecule has 3 fully saturated rings. The van der Waals surface area contributed by atoms with Crippen molar-refractivity contribution in [2.75, 3.05) is 26.4 Å². The Hall–Kier alpha value is -0.950. The summed E-state index contributed by atoms with van der Waals surface area (Å²) in [7, 11) is 0. The Balaban J connectivity index is 1.57. The normalized spacial score (nSPS) is 27.5. The van der Waals surface area contributed by atoms with Crippen LogP contribution in [0.2, 0.25) is 0 Å². The second kappa shape index (κ2) is 11.6. The summed E-state index contributed by atoms with van der Waals surface area (Å²) in [4.78, 5) is 10.7. The van der Waals surface area contributed by atoms with Crippen LogP contribution in [-0.4, -0.2) is 49.1 Å². The maximum atomic E-state index is 10.7. The summed E-state index contributed by atoms with van der Waals surface area (Å²) in [6.45, 7) is 4.90. The van der Waals surface area contributed by atoms with Crippen LogP contribution in [0.1, 0.15) is 84.0 Å². The number of carbonyl (C=O) groups is 1. The van der Waals surface area contributed by atoms with Crippen LogP contribution in [0, 0.1) is 11.8 Å². The summed E-state index contributed by atoms with van der Waals surface area (Å²) in [6, 6.07) is 0.